The number of fused-ring (bicyclic) bond motifs is 1. The predicted octanol–water partition coefficient (Wildman–Crippen LogP) is 4.30. The number of carboxylic acids is 1. The molecule has 0 aliphatic carbocycles. The Morgan fingerprint density at radius 2 is 1.57 bits per heavy atom. The number of aliphatic carboxylic acids is 1. The molecule has 1 aliphatic heterocycles. The summed E-state index contributed by atoms with van der Waals surface area (Å²) in [7, 11) is 3.21. The number of nitrogens with zero attached hydrogens (tertiary/aromatic N) is 1. The molecule has 1 aliphatic rings. The molecular weight excluding hydrogens is 378 g/mol. The lowest BCUT2D eigenvalue weighted by molar-refractivity contribution is -0.144. The van der Waals surface area contributed by atoms with Gasteiger partial charge >= 0.3 is 5.97 Å². The van der Waals surface area contributed by atoms with Crippen molar-refractivity contribution in [1.29, 1.82) is 0 Å². The fourth-order valence-electron chi connectivity index (χ4n) is 4.28. The molecule has 2 atom stereocenters. The van der Waals surface area contributed by atoms with Gasteiger partial charge in [0.25, 0.3) is 0 Å². The van der Waals surface area contributed by atoms with Crippen molar-refractivity contribution < 1.29 is 19.4 Å². The molecule has 4 rings (SSSR count). The smallest absolute Gasteiger partial charge is 0.321 e. The van der Waals surface area contributed by atoms with Crippen molar-refractivity contribution in [2.24, 2.45) is 0 Å². The summed E-state index contributed by atoms with van der Waals surface area (Å²) in [4.78, 5) is 14.4. The van der Waals surface area contributed by atoms with Gasteiger partial charge in [0, 0.05) is 6.54 Å². The van der Waals surface area contributed by atoms with Crippen molar-refractivity contribution >= 4 is 5.97 Å². The highest BCUT2D eigenvalue weighted by Gasteiger charge is 2.39. The molecule has 154 valence electrons. The van der Waals surface area contributed by atoms with Crippen molar-refractivity contribution in [2.45, 2.75) is 25.0 Å². The Labute approximate surface area is 176 Å². The molecule has 3 aromatic rings. The lowest BCUT2D eigenvalue weighted by atomic mass is 9.84. The van der Waals surface area contributed by atoms with E-state index in [1.807, 2.05) is 72.8 Å². The number of methoxy groups -OCH3 is 2. The molecule has 0 saturated carbocycles. The van der Waals surface area contributed by atoms with Crippen LogP contribution in [0.4, 0.5) is 0 Å². The van der Waals surface area contributed by atoms with Gasteiger partial charge in [0.05, 0.1) is 20.3 Å². The second-order valence-corrected chi connectivity index (χ2v) is 7.44. The summed E-state index contributed by atoms with van der Waals surface area (Å²) in [5.74, 6) is 0.432. The number of carboxylic acid groups (broad SMARTS) is 1. The van der Waals surface area contributed by atoms with Crippen LogP contribution in [0.15, 0.2) is 72.8 Å². The van der Waals surface area contributed by atoms with Gasteiger partial charge in [-0.05, 0) is 40.8 Å². The third kappa shape index (κ3) is 3.76. The molecule has 3 aromatic carbocycles. The second kappa shape index (κ2) is 8.59. The van der Waals surface area contributed by atoms with Crippen LogP contribution in [0.1, 0.15) is 28.3 Å². The fourth-order valence-corrected chi connectivity index (χ4v) is 4.28. The molecule has 1 N–H and O–H groups in total. The Kier molecular flexibility index (Phi) is 5.72. The first-order valence-corrected chi connectivity index (χ1v) is 9.94. The summed E-state index contributed by atoms with van der Waals surface area (Å²) in [5, 5.41) is 10.1. The molecular formula is C25H25NO4. The van der Waals surface area contributed by atoms with Crippen LogP contribution < -0.4 is 9.47 Å². The Hall–Kier alpha value is -3.31. The van der Waals surface area contributed by atoms with Crippen LogP contribution in [-0.2, 0) is 17.8 Å². The molecule has 2 unspecified atom stereocenters. The van der Waals surface area contributed by atoms with E-state index in [2.05, 4.69) is 4.90 Å². The van der Waals surface area contributed by atoms with E-state index in [1.165, 1.54) is 0 Å². The first-order valence-electron chi connectivity index (χ1n) is 9.94. The van der Waals surface area contributed by atoms with Crippen LogP contribution in [-0.4, -0.2) is 36.2 Å². The summed E-state index contributed by atoms with van der Waals surface area (Å²) >= 11 is 0. The molecule has 0 bridgehead atoms. The lowest BCUT2D eigenvalue weighted by Crippen LogP contribution is -2.48. The normalized spacial score (nSPS) is 18.5. The van der Waals surface area contributed by atoms with Crippen molar-refractivity contribution in [3.05, 3.63) is 95.1 Å². The molecule has 0 radical (unpaired) electrons. The number of hydrogen-bond donors (Lipinski definition) is 1. The number of ether oxygens (including phenoxy) is 2. The molecule has 1 heterocycles. The van der Waals surface area contributed by atoms with Gasteiger partial charge in [0.1, 0.15) is 6.04 Å². The number of benzene rings is 3. The summed E-state index contributed by atoms with van der Waals surface area (Å²) in [6.07, 6.45) is 0.404. The minimum atomic E-state index is -0.827. The van der Waals surface area contributed by atoms with E-state index in [0.717, 1.165) is 22.3 Å². The molecule has 5 nitrogen and oxygen atoms in total. The van der Waals surface area contributed by atoms with Gasteiger partial charge in [-0.25, -0.2) is 0 Å². The molecule has 0 saturated heterocycles. The van der Waals surface area contributed by atoms with E-state index in [9.17, 15) is 9.90 Å². The van der Waals surface area contributed by atoms with Crippen LogP contribution >= 0.6 is 0 Å². The lowest BCUT2D eigenvalue weighted by Gasteiger charge is -2.42. The highest BCUT2D eigenvalue weighted by atomic mass is 16.5. The van der Waals surface area contributed by atoms with Gasteiger partial charge in [0.15, 0.2) is 11.5 Å². The van der Waals surface area contributed by atoms with Crippen molar-refractivity contribution in [1.82, 2.24) is 4.90 Å². The quantitative estimate of drug-likeness (QED) is 0.665. The maximum absolute atomic E-state index is 12.3. The third-order valence-electron chi connectivity index (χ3n) is 5.69. The van der Waals surface area contributed by atoms with Gasteiger partial charge < -0.3 is 14.6 Å². The second-order valence-electron chi connectivity index (χ2n) is 7.44. The van der Waals surface area contributed by atoms with Gasteiger partial charge in [-0.3, -0.25) is 9.69 Å². The Bertz CT molecular complexity index is 1020. The molecule has 30 heavy (non-hydrogen) atoms. The maximum atomic E-state index is 12.3. The minimum absolute atomic E-state index is 0.212. The first-order chi connectivity index (χ1) is 14.6. The number of rotatable bonds is 6. The summed E-state index contributed by atoms with van der Waals surface area (Å²) in [6.45, 7) is 0.533. The highest BCUT2D eigenvalue weighted by molar-refractivity contribution is 5.75. The maximum Gasteiger partial charge on any atom is 0.321 e. The fraction of sp³-hybridized carbons (Fsp3) is 0.240. The number of carbonyl (C=O) groups is 1. The van der Waals surface area contributed by atoms with Gasteiger partial charge in [-0.2, -0.15) is 0 Å². The van der Waals surface area contributed by atoms with E-state index < -0.39 is 12.0 Å². The van der Waals surface area contributed by atoms with Crippen molar-refractivity contribution in [3.8, 4) is 11.5 Å². The molecule has 0 fully saturated rings. The average Bonchev–Trinajstić information content (AvgIpc) is 2.78. The summed E-state index contributed by atoms with van der Waals surface area (Å²) < 4.78 is 11.0. The van der Waals surface area contributed by atoms with E-state index in [-0.39, 0.29) is 6.04 Å². The zero-order valence-electron chi connectivity index (χ0n) is 17.1. The van der Waals surface area contributed by atoms with Crippen LogP contribution in [0.25, 0.3) is 0 Å². The van der Waals surface area contributed by atoms with E-state index in [4.69, 9.17) is 9.47 Å². The minimum Gasteiger partial charge on any atom is -0.493 e. The number of hydrogen-bond acceptors (Lipinski definition) is 4. The molecule has 0 aromatic heterocycles. The van der Waals surface area contributed by atoms with Crippen LogP contribution in [0.5, 0.6) is 11.5 Å². The predicted molar refractivity (Wildman–Crippen MR) is 115 cm³/mol. The topological polar surface area (TPSA) is 59.0 Å². The van der Waals surface area contributed by atoms with E-state index in [1.54, 1.807) is 14.2 Å². The van der Waals surface area contributed by atoms with Crippen LogP contribution in [0.3, 0.4) is 0 Å². The van der Waals surface area contributed by atoms with Gasteiger partial charge in [-0.1, -0.05) is 60.7 Å². The first kappa shape index (κ1) is 20.0. The molecule has 0 amide bonds. The SMILES string of the molecule is COc1cc2c(cc1OC)C(c1ccccc1)N(Cc1ccccc1)C(C(=O)O)C2. The zero-order valence-corrected chi connectivity index (χ0v) is 17.1. The Morgan fingerprint density at radius 3 is 2.17 bits per heavy atom. The summed E-state index contributed by atoms with van der Waals surface area (Å²) in [5.41, 5.74) is 4.15. The van der Waals surface area contributed by atoms with E-state index >= 15 is 0 Å². The largest absolute Gasteiger partial charge is 0.493 e. The third-order valence-corrected chi connectivity index (χ3v) is 5.69. The van der Waals surface area contributed by atoms with Gasteiger partial charge in [0.2, 0.25) is 0 Å². The summed E-state index contributed by atoms with van der Waals surface area (Å²) in [6, 6.07) is 23.1. The Morgan fingerprint density at radius 1 is 0.967 bits per heavy atom. The van der Waals surface area contributed by atoms with Crippen molar-refractivity contribution in [2.75, 3.05) is 14.2 Å². The van der Waals surface area contributed by atoms with Crippen LogP contribution in [0.2, 0.25) is 0 Å². The van der Waals surface area contributed by atoms with Crippen molar-refractivity contribution in [3.63, 3.8) is 0 Å². The molecule has 0 spiro atoms. The Balaban J connectivity index is 1.89. The average molecular weight is 403 g/mol. The molecule has 5 heteroatoms. The zero-order chi connectivity index (χ0) is 21.1. The highest BCUT2D eigenvalue weighted by Crippen LogP contribution is 2.43. The van der Waals surface area contributed by atoms with Gasteiger partial charge in [-0.15, -0.1) is 0 Å². The van der Waals surface area contributed by atoms with E-state index in [0.29, 0.717) is 24.5 Å². The standard InChI is InChI=1S/C25H25NO4/c1-29-22-14-19-13-21(25(27)28)26(16-17-9-5-3-6-10-17)24(18-11-7-4-8-12-18)20(19)15-23(22)30-2/h3-12,14-15,21,24H,13,16H2,1-2H3,(H,27,28). The monoisotopic (exact) mass is 403 g/mol. The van der Waals surface area contributed by atoms with Crippen LogP contribution in [0, 0.1) is 0 Å².